The summed E-state index contributed by atoms with van der Waals surface area (Å²) in [7, 11) is 0. The topological polar surface area (TPSA) is 42.2 Å². The fourth-order valence-electron chi connectivity index (χ4n) is 2.57. The van der Waals surface area contributed by atoms with E-state index in [-0.39, 0.29) is 11.8 Å². The molecule has 0 aliphatic rings. The van der Waals surface area contributed by atoms with E-state index < -0.39 is 0 Å². The highest BCUT2D eigenvalue weighted by atomic mass is 16.3. The van der Waals surface area contributed by atoms with E-state index in [1.165, 1.54) is 5.56 Å². The molecule has 1 aromatic heterocycles. The summed E-state index contributed by atoms with van der Waals surface area (Å²) in [4.78, 5) is 12.2. The zero-order valence-corrected chi connectivity index (χ0v) is 13.8. The van der Waals surface area contributed by atoms with E-state index in [1.807, 2.05) is 38.1 Å². The van der Waals surface area contributed by atoms with Gasteiger partial charge in [-0.1, -0.05) is 44.2 Å². The number of hydrogen-bond acceptors (Lipinski definition) is 3. The van der Waals surface area contributed by atoms with Gasteiger partial charge in [0.2, 0.25) is 0 Å². The van der Waals surface area contributed by atoms with Crippen LogP contribution in [-0.4, -0.2) is 12.3 Å². The Hall–Kier alpha value is -1.87. The number of ketones is 1. The summed E-state index contributed by atoms with van der Waals surface area (Å²) in [5.74, 6) is 1.81. The number of carbonyl (C=O) groups excluding carboxylic acids is 1. The highest BCUT2D eigenvalue weighted by Gasteiger charge is 2.17. The van der Waals surface area contributed by atoms with E-state index in [0.717, 1.165) is 11.3 Å². The van der Waals surface area contributed by atoms with Crippen LogP contribution in [0.5, 0.6) is 0 Å². The zero-order valence-electron chi connectivity index (χ0n) is 13.8. The van der Waals surface area contributed by atoms with Crippen molar-refractivity contribution >= 4 is 5.78 Å². The molecule has 0 bridgehead atoms. The lowest BCUT2D eigenvalue weighted by Gasteiger charge is -2.22. The zero-order chi connectivity index (χ0) is 16.1. The largest absolute Gasteiger partial charge is 0.458 e. The average Bonchev–Trinajstić information content (AvgIpc) is 2.83. The van der Waals surface area contributed by atoms with Crippen LogP contribution in [0.15, 0.2) is 40.8 Å². The van der Waals surface area contributed by atoms with Crippen LogP contribution in [0.2, 0.25) is 0 Å². The van der Waals surface area contributed by atoms with Crippen molar-refractivity contribution < 1.29 is 9.21 Å². The third kappa shape index (κ3) is 4.08. The smallest absolute Gasteiger partial charge is 0.199 e. The molecule has 3 nitrogen and oxygen atoms in total. The molecular formula is C19H25NO2. The summed E-state index contributed by atoms with van der Waals surface area (Å²) in [5, 5.41) is 3.50. The average molecular weight is 299 g/mol. The molecule has 1 atom stereocenters. The predicted molar refractivity (Wildman–Crippen MR) is 89.2 cm³/mol. The number of hydrogen-bond donors (Lipinski definition) is 1. The molecule has 0 spiro atoms. The molecule has 0 amide bonds. The van der Waals surface area contributed by atoms with Gasteiger partial charge in [-0.25, -0.2) is 0 Å². The van der Waals surface area contributed by atoms with Crippen molar-refractivity contribution in [3.05, 3.63) is 59.0 Å². The van der Waals surface area contributed by atoms with Gasteiger partial charge < -0.3 is 9.73 Å². The molecule has 1 aromatic carbocycles. The minimum Gasteiger partial charge on any atom is -0.458 e. The molecule has 2 aromatic rings. The molecule has 22 heavy (non-hydrogen) atoms. The minimum atomic E-state index is 0.0549. The normalized spacial score (nSPS) is 12.6. The van der Waals surface area contributed by atoms with Crippen molar-refractivity contribution in [1.29, 1.82) is 0 Å². The summed E-state index contributed by atoms with van der Waals surface area (Å²) >= 11 is 0. The maximum atomic E-state index is 12.2. The van der Waals surface area contributed by atoms with Crippen LogP contribution in [0.3, 0.4) is 0 Å². The molecular weight excluding hydrogens is 274 g/mol. The van der Waals surface area contributed by atoms with Crippen LogP contribution in [-0.2, 0) is 0 Å². The Labute approximate surface area is 132 Å². The Morgan fingerprint density at radius 1 is 1.18 bits per heavy atom. The van der Waals surface area contributed by atoms with E-state index in [0.29, 0.717) is 24.6 Å². The first-order chi connectivity index (χ1) is 10.5. The predicted octanol–water partition coefficient (Wildman–Crippen LogP) is 4.46. The maximum absolute atomic E-state index is 12.2. The van der Waals surface area contributed by atoms with Crippen LogP contribution >= 0.6 is 0 Å². The second-order valence-corrected chi connectivity index (χ2v) is 6.11. The van der Waals surface area contributed by atoms with Crippen molar-refractivity contribution in [2.24, 2.45) is 5.92 Å². The number of Topliss-reactive ketones (excluding diaryl/α,β-unsaturated/α-hetero) is 1. The van der Waals surface area contributed by atoms with Crippen molar-refractivity contribution in [2.75, 3.05) is 6.54 Å². The number of benzene rings is 1. The number of rotatable bonds is 7. The van der Waals surface area contributed by atoms with E-state index in [4.69, 9.17) is 4.42 Å². The van der Waals surface area contributed by atoms with Gasteiger partial charge in [-0.3, -0.25) is 4.79 Å². The van der Waals surface area contributed by atoms with E-state index >= 15 is 0 Å². The molecule has 1 N–H and O–H groups in total. The molecule has 1 heterocycles. The first-order valence-corrected chi connectivity index (χ1v) is 7.87. The maximum Gasteiger partial charge on any atom is 0.199 e. The van der Waals surface area contributed by atoms with Crippen molar-refractivity contribution in [3.63, 3.8) is 0 Å². The van der Waals surface area contributed by atoms with Gasteiger partial charge >= 0.3 is 0 Å². The van der Waals surface area contributed by atoms with Crippen molar-refractivity contribution in [2.45, 2.75) is 40.2 Å². The quantitative estimate of drug-likeness (QED) is 0.768. The summed E-state index contributed by atoms with van der Waals surface area (Å²) < 4.78 is 5.49. The fourth-order valence-corrected chi connectivity index (χ4v) is 2.57. The lowest BCUT2D eigenvalue weighted by atomic mass is 9.96. The van der Waals surface area contributed by atoms with Crippen LogP contribution in [0, 0.1) is 19.8 Å². The van der Waals surface area contributed by atoms with Crippen LogP contribution in [0.1, 0.15) is 53.8 Å². The van der Waals surface area contributed by atoms with Gasteiger partial charge in [-0.2, -0.15) is 0 Å². The van der Waals surface area contributed by atoms with Gasteiger partial charge in [0, 0.05) is 19.0 Å². The molecule has 3 heteroatoms. The highest BCUT2D eigenvalue weighted by molar-refractivity contribution is 5.93. The standard InChI is InChI=1S/C19H25NO2/c1-13(2)19(16-8-6-5-7-9-16)20-11-10-17(21)18-12-14(3)15(4)22-18/h5-9,12-13,19-20H,10-11H2,1-4H3. The Balaban J connectivity index is 1.92. The molecule has 0 saturated carbocycles. The molecule has 0 radical (unpaired) electrons. The molecule has 1 unspecified atom stereocenters. The second kappa shape index (κ2) is 7.41. The number of nitrogens with one attached hydrogen (secondary N) is 1. The summed E-state index contributed by atoms with van der Waals surface area (Å²) in [5.41, 5.74) is 2.29. The molecule has 0 fully saturated rings. The lowest BCUT2D eigenvalue weighted by molar-refractivity contribution is 0.0952. The Kier molecular flexibility index (Phi) is 5.56. The van der Waals surface area contributed by atoms with Gasteiger partial charge in [0.1, 0.15) is 5.76 Å². The van der Waals surface area contributed by atoms with Gasteiger partial charge in [0.05, 0.1) is 0 Å². The van der Waals surface area contributed by atoms with Crippen LogP contribution in [0.25, 0.3) is 0 Å². The van der Waals surface area contributed by atoms with E-state index in [2.05, 4.69) is 31.3 Å². The third-order valence-corrected chi connectivity index (χ3v) is 3.98. The SMILES string of the molecule is Cc1cc(C(=O)CCNC(c2ccccc2)C(C)C)oc1C. The molecule has 2 rings (SSSR count). The lowest BCUT2D eigenvalue weighted by Crippen LogP contribution is -2.27. The number of aryl methyl sites for hydroxylation is 2. The Morgan fingerprint density at radius 2 is 1.86 bits per heavy atom. The number of carbonyl (C=O) groups is 1. The molecule has 0 aliphatic heterocycles. The van der Waals surface area contributed by atoms with E-state index in [1.54, 1.807) is 0 Å². The first kappa shape index (κ1) is 16.5. The highest BCUT2D eigenvalue weighted by Crippen LogP contribution is 2.21. The van der Waals surface area contributed by atoms with Crippen LogP contribution < -0.4 is 5.32 Å². The van der Waals surface area contributed by atoms with Crippen molar-refractivity contribution in [1.82, 2.24) is 5.32 Å². The molecule has 118 valence electrons. The Morgan fingerprint density at radius 3 is 2.41 bits per heavy atom. The summed E-state index contributed by atoms with van der Waals surface area (Å²) in [6, 6.07) is 12.4. The second-order valence-electron chi connectivity index (χ2n) is 6.11. The summed E-state index contributed by atoms with van der Waals surface area (Å²) in [6.07, 6.45) is 0.447. The molecule has 0 saturated heterocycles. The third-order valence-electron chi connectivity index (χ3n) is 3.98. The van der Waals surface area contributed by atoms with Crippen molar-refractivity contribution in [3.8, 4) is 0 Å². The summed E-state index contributed by atoms with van der Waals surface area (Å²) in [6.45, 7) is 8.86. The first-order valence-electron chi connectivity index (χ1n) is 7.87. The Bertz CT molecular complexity index is 594. The number of furan rings is 1. The van der Waals surface area contributed by atoms with Gasteiger partial charge in [0.25, 0.3) is 0 Å². The van der Waals surface area contributed by atoms with E-state index in [9.17, 15) is 4.79 Å². The van der Waals surface area contributed by atoms with Crippen LogP contribution in [0.4, 0.5) is 0 Å². The monoisotopic (exact) mass is 299 g/mol. The van der Waals surface area contributed by atoms with Gasteiger partial charge in [-0.15, -0.1) is 0 Å². The minimum absolute atomic E-state index is 0.0549. The van der Waals surface area contributed by atoms with Gasteiger partial charge in [0.15, 0.2) is 11.5 Å². The molecule has 0 aliphatic carbocycles. The van der Waals surface area contributed by atoms with Gasteiger partial charge in [-0.05, 0) is 37.0 Å². The fraction of sp³-hybridized carbons (Fsp3) is 0.421.